The average Bonchev–Trinajstić information content (AvgIpc) is 3.38. The van der Waals surface area contributed by atoms with Gasteiger partial charge in [-0.15, -0.1) is 0 Å². The van der Waals surface area contributed by atoms with Gasteiger partial charge in [0, 0.05) is 22.0 Å². The highest BCUT2D eigenvalue weighted by Gasteiger charge is 2.41. The number of ether oxygens (including phenoxy) is 2. The van der Waals surface area contributed by atoms with Crippen molar-refractivity contribution in [2.45, 2.75) is 18.7 Å². The van der Waals surface area contributed by atoms with Crippen molar-refractivity contribution in [2.75, 3.05) is 7.11 Å². The maximum Gasteiger partial charge on any atom is 0.214 e. The number of benzene rings is 2. The molecule has 5 rings (SSSR count). The molecular weight excluding hydrogens is 424 g/mol. The minimum absolute atomic E-state index is 0.160. The van der Waals surface area contributed by atoms with Crippen LogP contribution in [-0.2, 0) is 0 Å². The lowest BCUT2D eigenvalue weighted by molar-refractivity contribution is -0.0188. The summed E-state index contributed by atoms with van der Waals surface area (Å²) in [5, 5.41) is 11.3. The number of halogens is 1. The van der Waals surface area contributed by atoms with E-state index in [0.29, 0.717) is 0 Å². The van der Waals surface area contributed by atoms with Crippen LogP contribution in [0.1, 0.15) is 35.4 Å². The number of methoxy groups -OCH3 is 1. The molecule has 0 saturated carbocycles. The van der Waals surface area contributed by atoms with Crippen molar-refractivity contribution in [3.63, 3.8) is 0 Å². The molecule has 0 bridgehead atoms. The van der Waals surface area contributed by atoms with Crippen LogP contribution in [-0.4, -0.2) is 17.8 Å². The summed E-state index contributed by atoms with van der Waals surface area (Å²) in [7, 11) is 1.68. The van der Waals surface area contributed by atoms with Crippen molar-refractivity contribution in [2.24, 2.45) is 5.10 Å². The Hall–Kier alpha value is -2.31. The van der Waals surface area contributed by atoms with E-state index >= 15 is 0 Å². The summed E-state index contributed by atoms with van der Waals surface area (Å²) in [5.41, 5.74) is 4.49. The molecule has 3 aromatic rings. The number of hydrogen-bond acceptors (Lipinski definition) is 5. The third kappa shape index (κ3) is 2.93. The van der Waals surface area contributed by atoms with Gasteiger partial charge in [0.05, 0.1) is 18.9 Å². The second kappa shape index (κ2) is 6.69. The van der Waals surface area contributed by atoms with E-state index in [-0.39, 0.29) is 12.3 Å². The minimum atomic E-state index is -0.203. The monoisotopic (exact) mass is 440 g/mol. The molecule has 6 heteroatoms. The molecule has 0 saturated heterocycles. The van der Waals surface area contributed by atoms with E-state index in [2.05, 4.69) is 56.0 Å². The number of rotatable bonds is 3. The van der Waals surface area contributed by atoms with Gasteiger partial charge in [-0.1, -0.05) is 15.9 Å². The second-order valence-electron chi connectivity index (χ2n) is 6.58. The molecule has 0 N–H and O–H groups in total. The van der Waals surface area contributed by atoms with Crippen LogP contribution >= 0.6 is 27.3 Å². The quantitative estimate of drug-likeness (QED) is 0.518. The molecular formula is C21H17BrN2O2S. The predicted molar refractivity (Wildman–Crippen MR) is 111 cm³/mol. The van der Waals surface area contributed by atoms with Gasteiger partial charge in [-0.05, 0) is 64.9 Å². The molecule has 2 atom stereocenters. The summed E-state index contributed by atoms with van der Waals surface area (Å²) >= 11 is 5.27. The lowest BCUT2D eigenvalue weighted by Gasteiger charge is -2.37. The molecule has 0 amide bonds. The number of hydrogen-bond donors (Lipinski definition) is 0. The van der Waals surface area contributed by atoms with Gasteiger partial charge in [0.15, 0.2) is 0 Å². The lowest BCUT2D eigenvalue weighted by Crippen LogP contribution is -2.33. The highest BCUT2D eigenvalue weighted by Crippen LogP contribution is 2.48. The number of hydrazone groups is 1. The van der Waals surface area contributed by atoms with Crippen molar-refractivity contribution >= 4 is 33.0 Å². The first kappa shape index (κ1) is 16.8. The number of thiophene rings is 1. The van der Waals surface area contributed by atoms with Gasteiger partial charge in [0.2, 0.25) is 6.23 Å². The van der Waals surface area contributed by atoms with Gasteiger partial charge < -0.3 is 9.47 Å². The molecule has 2 aliphatic heterocycles. The van der Waals surface area contributed by atoms with Crippen LogP contribution in [0.5, 0.6) is 11.5 Å². The Morgan fingerprint density at radius 3 is 2.78 bits per heavy atom. The SMILES string of the molecule is COc1ccc(C2=NN3[C@H](C2)c2cc(Br)ccc2O[C@@H]3c2ccsc2)cc1. The Morgan fingerprint density at radius 2 is 2.04 bits per heavy atom. The highest BCUT2D eigenvalue weighted by molar-refractivity contribution is 9.10. The van der Waals surface area contributed by atoms with Crippen molar-refractivity contribution in [1.29, 1.82) is 0 Å². The average molecular weight is 441 g/mol. The zero-order chi connectivity index (χ0) is 18.4. The van der Waals surface area contributed by atoms with E-state index in [1.807, 2.05) is 24.3 Å². The smallest absolute Gasteiger partial charge is 0.214 e. The molecule has 1 aromatic heterocycles. The molecule has 0 radical (unpaired) electrons. The molecule has 27 heavy (non-hydrogen) atoms. The van der Waals surface area contributed by atoms with Crippen molar-refractivity contribution < 1.29 is 9.47 Å². The topological polar surface area (TPSA) is 34.1 Å². The van der Waals surface area contributed by atoms with Crippen LogP contribution in [0.15, 0.2) is 68.9 Å². The van der Waals surface area contributed by atoms with Crippen LogP contribution in [0.4, 0.5) is 0 Å². The minimum Gasteiger partial charge on any atom is -0.497 e. The Morgan fingerprint density at radius 1 is 1.19 bits per heavy atom. The summed E-state index contributed by atoms with van der Waals surface area (Å²) in [6, 6.07) is 16.6. The van der Waals surface area contributed by atoms with Crippen molar-refractivity contribution in [3.8, 4) is 11.5 Å². The summed E-state index contributed by atoms with van der Waals surface area (Å²) < 4.78 is 12.7. The molecule has 0 aliphatic carbocycles. The zero-order valence-electron chi connectivity index (χ0n) is 14.6. The third-order valence-electron chi connectivity index (χ3n) is 5.00. The Bertz CT molecular complexity index is 1000. The first-order chi connectivity index (χ1) is 13.2. The van der Waals surface area contributed by atoms with Crippen LogP contribution in [0, 0.1) is 0 Å². The van der Waals surface area contributed by atoms with E-state index in [1.54, 1.807) is 18.4 Å². The second-order valence-corrected chi connectivity index (χ2v) is 8.28. The summed E-state index contributed by atoms with van der Waals surface area (Å²) in [6.07, 6.45) is 0.644. The van der Waals surface area contributed by atoms with E-state index in [4.69, 9.17) is 14.6 Å². The molecule has 136 valence electrons. The normalized spacial score (nSPS) is 20.5. The summed E-state index contributed by atoms with van der Waals surface area (Å²) in [6.45, 7) is 0. The zero-order valence-corrected chi connectivity index (χ0v) is 17.0. The fraction of sp³-hybridized carbons (Fsp3) is 0.190. The number of nitrogens with zero attached hydrogens (tertiary/aromatic N) is 2. The van der Waals surface area contributed by atoms with Crippen molar-refractivity contribution in [1.82, 2.24) is 5.01 Å². The van der Waals surface area contributed by atoms with Gasteiger partial charge in [-0.2, -0.15) is 16.4 Å². The first-order valence-corrected chi connectivity index (χ1v) is 10.4. The first-order valence-electron chi connectivity index (χ1n) is 8.71. The van der Waals surface area contributed by atoms with E-state index < -0.39 is 0 Å². The number of fused-ring (bicyclic) bond motifs is 3. The van der Waals surface area contributed by atoms with Crippen LogP contribution in [0.3, 0.4) is 0 Å². The highest BCUT2D eigenvalue weighted by atomic mass is 79.9. The maximum absolute atomic E-state index is 6.35. The lowest BCUT2D eigenvalue weighted by atomic mass is 9.96. The fourth-order valence-corrected chi connectivity index (χ4v) is 4.70. The van der Waals surface area contributed by atoms with Gasteiger partial charge in [-0.3, -0.25) is 0 Å². The molecule has 0 fully saturated rings. The standard InChI is InChI=1S/C21H17BrN2O2S/c1-25-16-5-2-13(3-6-16)18-11-19-17-10-15(22)4-7-20(17)26-21(24(19)23-18)14-8-9-27-12-14/h2-10,12,19,21H,11H2,1H3/t19-,21-/m1/s1. The molecule has 3 heterocycles. The van der Waals surface area contributed by atoms with Gasteiger partial charge in [-0.25, -0.2) is 5.01 Å². The summed E-state index contributed by atoms with van der Waals surface area (Å²) in [4.78, 5) is 0. The molecule has 4 nitrogen and oxygen atoms in total. The van der Waals surface area contributed by atoms with E-state index in [1.165, 1.54) is 5.56 Å². The van der Waals surface area contributed by atoms with Gasteiger partial charge in [0.25, 0.3) is 0 Å². The molecule has 0 unspecified atom stereocenters. The van der Waals surface area contributed by atoms with Gasteiger partial charge >= 0.3 is 0 Å². The van der Waals surface area contributed by atoms with E-state index in [0.717, 1.165) is 39.2 Å². The fourth-order valence-electron chi connectivity index (χ4n) is 3.65. The predicted octanol–water partition coefficient (Wildman–Crippen LogP) is 5.76. The van der Waals surface area contributed by atoms with Gasteiger partial charge in [0.1, 0.15) is 11.5 Å². The Kier molecular flexibility index (Phi) is 4.17. The maximum atomic E-state index is 6.35. The van der Waals surface area contributed by atoms with Crippen LogP contribution in [0.2, 0.25) is 0 Å². The van der Waals surface area contributed by atoms with Crippen molar-refractivity contribution in [3.05, 3.63) is 80.5 Å². The molecule has 2 aliphatic rings. The summed E-state index contributed by atoms with van der Waals surface area (Å²) in [5.74, 6) is 1.78. The van der Waals surface area contributed by atoms with E-state index in [9.17, 15) is 0 Å². The molecule has 0 spiro atoms. The third-order valence-corrected chi connectivity index (χ3v) is 6.20. The van der Waals surface area contributed by atoms with Crippen LogP contribution < -0.4 is 9.47 Å². The Labute approximate surface area is 170 Å². The molecule has 2 aromatic carbocycles. The Balaban J connectivity index is 1.57. The largest absolute Gasteiger partial charge is 0.497 e. The van der Waals surface area contributed by atoms with Crippen LogP contribution in [0.25, 0.3) is 0 Å².